The number of ether oxygens (including phenoxy) is 1. The lowest BCUT2D eigenvalue weighted by atomic mass is 9.83. The van der Waals surface area contributed by atoms with Crippen LogP contribution in [0.1, 0.15) is 81.1 Å². The van der Waals surface area contributed by atoms with Crippen LogP contribution < -0.4 is 4.74 Å². The second kappa shape index (κ2) is 7.63. The predicted octanol–water partition coefficient (Wildman–Crippen LogP) is 5.36. The van der Waals surface area contributed by atoms with Gasteiger partial charge >= 0.3 is 0 Å². The molecule has 1 aromatic rings. The highest BCUT2D eigenvalue weighted by molar-refractivity contribution is 5.98. The molecular weight excluding hydrogens is 260 g/mol. The first kappa shape index (κ1) is 16.1. The Kier molecular flexibility index (Phi) is 5.84. The SMILES string of the molecule is CCCOc1ccc(C(=O)C2CCCCC2)cc1C(C)C. The van der Waals surface area contributed by atoms with Crippen molar-refractivity contribution in [1.29, 1.82) is 0 Å². The molecule has 0 saturated heterocycles. The summed E-state index contributed by atoms with van der Waals surface area (Å²) >= 11 is 0. The molecule has 1 aliphatic rings. The van der Waals surface area contributed by atoms with E-state index in [2.05, 4.69) is 26.8 Å². The maximum atomic E-state index is 12.7. The fraction of sp³-hybridized carbons (Fsp3) is 0.632. The van der Waals surface area contributed by atoms with Crippen LogP contribution in [0.5, 0.6) is 5.75 Å². The van der Waals surface area contributed by atoms with Crippen molar-refractivity contribution in [3.05, 3.63) is 29.3 Å². The molecule has 1 aliphatic carbocycles. The minimum atomic E-state index is 0.237. The third-order valence-corrected chi connectivity index (χ3v) is 4.35. The van der Waals surface area contributed by atoms with Crippen molar-refractivity contribution in [2.75, 3.05) is 6.61 Å². The number of hydrogen-bond donors (Lipinski definition) is 0. The van der Waals surface area contributed by atoms with Crippen LogP contribution in [0.25, 0.3) is 0 Å². The minimum Gasteiger partial charge on any atom is -0.493 e. The standard InChI is InChI=1S/C19H28O2/c1-4-12-21-18-11-10-16(13-17(18)14(2)3)19(20)15-8-6-5-7-9-15/h10-11,13-15H,4-9,12H2,1-3H3. The summed E-state index contributed by atoms with van der Waals surface area (Å²) in [5.41, 5.74) is 2.03. The molecule has 2 heteroatoms. The Morgan fingerprint density at radius 3 is 2.57 bits per heavy atom. The van der Waals surface area contributed by atoms with Crippen molar-refractivity contribution in [2.45, 2.75) is 65.2 Å². The highest BCUT2D eigenvalue weighted by atomic mass is 16.5. The van der Waals surface area contributed by atoms with Gasteiger partial charge in [-0.1, -0.05) is 40.0 Å². The smallest absolute Gasteiger partial charge is 0.165 e. The molecule has 0 spiro atoms. The van der Waals surface area contributed by atoms with Gasteiger partial charge in [0.15, 0.2) is 5.78 Å². The molecule has 0 heterocycles. The third kappa shape index (κ3) is 4.09. The number of benzene rings is 1. The zero-order chi connectivity index (χ0) is 15.2. The van der Waals surface area contributed by atoms with Crippen LogP contribution in [0.15, 0.2) is 18.2 Å². The fourth-order valence-electron chi connectivity index (χ4n) is 3.10. The average molecular weight is 288 g/mol. The molecule has 0 atom stereocenters. The molecular formula is C19H28O2. The first-order chi connectivity index (χ1) is 10.1. The van der Waals surface area contributed by atoms with E-state index in [0.29, 0.717) is 11.7 Å². The quantitative estimate of drug-likeness (QED) is 0.658. The molecule has 2 rings (SSSR count). The van der Waals surface area contributed by atoms with E-state index in [9.17, 15) is 4.79 Å². The summed E-state index contributed by atoms with van der Waals surface area (Å²) in [7, 11) is 0. The van der Waals surface area contributed by atoms with Crippen molar-refractivity contribution >= 4 is 5.78 Å². The highest BCUT2D eigenvalue weighted by Gasteiger charge is 2.23. The second-order valence-corrected chi connectivity index (χ2v) is 6.45. The van der Waals surface area contributed by atoms with Gasteiger partial charge in [0.25, 0.3) is 0 Å². The Morgan fingerprint density at radius 2 is 1.95 bits per heavy atom. The van der Waals surface area contributed by atoms with E-state index in [-0.39, 0.29) is 5.92 Å². The molecule has 0 aliphatic heterocycles. The molecule has 0 radical (unpaired) electrons. The van der Waals surface area contributed by atoms with Gasteiger partial charge in [0, 0.05) is 11.5 Å². The summed E-state index contributed by atoms with van der Waals surface area (Å²) in [4.78, 5) is 12.7. The molecule has 0 N–H and O–H groups in total. The molecule has 1 fully saturated rings. The molecule has 1 saturated carbocycles. The largest absolute Gasteiger partial charge is 0.493 e. The summed E-state index contributed by atoms with van der Waals surface area (Å²) in [6, 6.07) is 6.00. The Labute approximate surface area is 128 Å². The van der Waals surface area contributed by atoms with E-state index in [1.165, 1.54) is 19.3 Å². The maximum absolute atomic E-state index is 12.7. The van der Waals surface area contributed by atoms with E-state index in [4.69, 9.17) is 4.74 Å². The molecule has 0 bridgehead atoms. The fourth-order valence-corrected chi connectivity index (χ4v) is 3.10. The molecule has 0 aromatic heterocycles. The Balaban J connectivity index is 2.20. The van der Waals surface area contributed by atoms with Crippen molar-refractivity contribution in [2.24, 2.45) is 5.92 Å². The first-order valence-electron chi connectivity index (χ1n) is 8.44. The molecule has 21 heavy (non-hydrogen) atoms. The van der Waals surface area contributed by atoms with Gasteiger partial charge in [-0.3, -0.25) is 4.79 Å². The molecule has 0 unspecified atom stereocenters. The molecule has 116 valence electrons. The number of ketones is 1. The van der Waals surface area contributed by atoms with Crippen LogP contribution in [0.3, 0.4) is 0 Å². The second-order valence-electron chi connectivity index (χ2n) is 6.45. The van der Waals surface area contributed by atoms with E-state index in [1.54, 1.807) is 0 Å². The minimum absolute atomic E-state index is 0.237. The van der Waals surface area contributed by atoms with Crippen molar-refractivity contribution in [3.8, 4) is 5.75 Å². The average Bonchev–Trinajstić information content (AvgIpc) is 2.52. The van der Waals surface area contributed by atoms with E-state index < -0.39 is 0 Å². The van der Waals surface area contributed by atoms with Crippen LogP contribution in [-0.2, 0) is 0 Å². The maximum Gasteiger partial charge on any atom is 0.165 e. The monoisotopic (exact) mass is 288 g/mol. The lowest BCUT2D eigenvalue weighted by molar-refractivity contribution is 0.0889. The van der Waals surface area contributed by atoms with E-state index in [1.807, 2.05) is 12.1 Å². The summed E-state index contributed by atoms with van der Waals surface area (Å²) in [6.07, 6.45) is 6.80. The Morgan fingerprint density at radius 1 is 1.24 bits per heavy atom. The third-order valence-electron chi connectivity index (χ3n) is 4.35. The van der Waals surface area contributed by atoms with Crippen molar-refractivity contribution < 1.29 is 9.53 Å². The zero-order valence-corrected chi connectivity index (χ0v) is 13.7. The van der Waals surface area contributed by atoms with Crippen LogP contribution in [-0.4, -0.2) is 12.4 Å². The number of Topliss-reactive ketones (excluding diaryl/α,β-unsaturated/α-hetero) is 1. The summed E-state index contributed by atoms with van der Waals surface area (Å²) in [6.45, 7) is 7.15. The normalized spacial score (nSPS) is 16.2. The van der Waals surface area contributed by atoms with Gasteiger partial charge < -0.3 is 4.74 Å². The van der Waals surface area contributed by atoms with Gasteiger partial charge in [0.2, 0.25) is 0 Å². The summed E-state index contributed by atoms with van der Waals surface area (Å²) in [5, 5.41) is 0. The molecule has 1 aromatic carbocycles. The zero-order valence-electron chi connectivity index (χ0n) is 13.7. The Bertz CT molecular complexity index is 470. The summed E-state index contributed by atoms with van der Waals surface area (Å²) < 4.78 is 5.82. The lowest BCUT2D eigenvalue weighted by Gasteiger charge is -2.21. The van der Waals surface area contributed by atoms with Gasteiger partial charge in [-0.25, -0.2) is 0 Å². The predicted molar refractivity (Wildman–Crippen MR) is 87.2 cm³/mol. The van der Waals surface area contributed by atoms with Gasteiger partial charge in [-0.2, -0.15) is 0 Å². The lowest BCUT2D eigenvalue weighted by Crippen LogP contribution is -2.18. The van der Waals surface area contributed by atoms with E-state index >= 15 is 0 Å². The molecule has 0 amide bonds. The van der Waals surface area contributed by atoms with E-state index in [0.717, 1.165) is 42.7 Å². The number of carbonyl (C=O) groups excluding carboxylic acids is 1. The summed E-state index contributed by atoms with van der Waals surface area (Å²) in [5.74, 6) is 1.88. The number of hydrogen-bond acceptors (Lipinski definition) is 2. The number of carbonyl (C=O) groups is 1. The van der Waals surface area contributed by atoms with Crippen LogP contribution >= 0.6 is 0 Å². The number of rotatable bonds is 6. The van der Waals surface area contributed by atoms with Crippen molar-refractivity contribution in [1.82, 2.24) is 0 Å². The van der Waals surface area contributed by atoms with Crippen molar-refractivity contribution in [3.63, 3.8) is 0 Å². The van der Waals surface area contributed by atoms with Gasteiger partial charge in [0.05, 0.1) is 6.61 Å². The van der Waals surface area contributed by atoms with Crippen LogP contribution in [0.2, 0.25) is 0 Å². The van der Waals surface area contributed by atoms with Gasteiger partial charge in [0.1, 0.15) is 5.75 Å². The van der Waals surface area contributed by atoms with Crippen LogP contribution in [0.4, 0.5) is 0 Å². The molecule has 2 nitrogen and oxygen atoms in total. The Hall–Kier alpha value is -1.31. The highest BCUT2D eigenvalue weighted by Crippen LogP contribution is 2.31. The van der Waals surface area contributed by atoms with Crippen LogP contribution in [0, 0.1) is 5.92 Å². The van der Waals surface area contributed by atoms with Gasteiger partial charge in [-0.05, 0) is 48.9 Å². The first-order valence-corrected chi connectivity index (χ1v) is 8.44. The van der Waals surface area contributed by atoms with Gasteiger partial charge in [-0.15, -0.1) is 0 Å². The topological polar surface area (TPSA) is 26.3 Å².